The molecule has 1 aromatic carbocycles. The summed E-state index contributed by atoms with van der Waals surface area (Å²) in [7, 11) is 0. The Labute approximate surface area is 128 Å². The maximum atomic E-state index is 13.1. The summed E-state index contributed by atoms with van der Waals surface area (Å²) in [6, 6.07) is 4.32. The molecule has 2 aromatic rings. The zero-order valence-corrected chi connectivity index (χ0v) is 12.9. The van der Waals surface area contributed by atoms with Gasteiger partial charge in [-0.05, 0) is 31.5 Å². The molecule has 21 heavy (non-hydrogen) atoms. The topological polar surface area (TPSA) is 83.8 Å². The molecule has 0 bridgehead atoms. The number of hydrogen-bond donors (Lipinski definition) is 3. The van der Waals surface area contributed by atoms with Gasteiger partial charge in [-0.1, -0.05) is 13.3 Å². The molecule has 0 aliphatic rings. The average molecular weight is 315 g/mol. The zero-order chi connectivity index (χ0) is 14.8. The van der Waals surface area contributed by atoms with Crippen LogP contribution in [0.3, 0.4) is 0 Å². The first kappa shape index (κ1) is 17.4. The van der Waals surface area contributed by atoms with E-state index in [1.165, 1.54) is 12.1 Å². The number of aromatic amines is 1. The molecule has 116 valence electrons. The maximum absolute atomic E-state index is 13.1. The van der Waals surface area contributed by atoms with Crippen molar-refractivity contribution in [3.63, 3.8) is 0 Å². The molecule has 0 aliphatic carbocycles. The number of carbonyl (C=O) groups is 1. The van der Waals surface area contributed by atoms with Crippen LogP contribution in [0.15, 0.2) is 18.2 Å². The van der Waals surface area contributed by atoms with E-state index in [4.69, 9.17) is 5.73 Å². The monoisotopic (exact) mass is 314 g/mol. The lowest BCUT2D eigenvalue weighted by Crippen LogP contribution is -2.51. The average Bonchev–Trinajstić information content (AvgIpc) is 2.77. The van der Waals surface area contributed by atoms with E-state index < -0.39 is 5.54 Å². The Morgan fingerprint density at radius 1 is 1.52 bits per heavy atom. The van der Waals surface area contributed by atoms with Crippen LogP contribution >= 0.6 is 12.4 Å². The molecule has 2 rings (SSSR count). The second kappa shape index (κ2) is 6.87. The van der Waals surface area contributed by atoms with Crippen LogP contribution < -0.4 is 11.1 Å². The Hall–Kier alpha value is -1.66. The highest BCUT2D eigenvalue weighted by Crippen LogP contribution is 2.13. The van der Waals surface area contributed by atoms with Crippen molar-refractivity contribution in [2.75, 3.05) is 0 Å². The fourth-order valence-corrected chi connectivity index (χ4v) is 2.12. The van der Waals surface area contributed by atoms with Gasteiger partial charge in [0.05, 0.1) is 23.1 Å². The third kappa shape index (κ3) is 4.15. The summed E-state index contributed by atoms with van der Waals surface area (Å²) in [5.41, 5.74) is 6.33. The van der Waals surface area contributed by atoms with Gasteiger partial charge in [0.15, 0.2) is 0 Å². The second-order valence-electron chi connectivity index (χ2n) is 5.20. The Bertz CT molecular complexity index is 626. The first-order chi connectivity index (χ1) is 9.42. The predicted octanol–water partition coefficient (Wildman–Crippen LogP) is 2.26. The van der Waals surface area contributed by atoms with Crippen LogP contribution in [0, 0.1) is 5.82 Å². The summed E-state index contributed by atoms with van der Waals surface area (Å²) in [5, 5.41) is 2.75. The van der Waals surface area contributed by atoms with E-state index in [2.05, 4.69) is 15.3 Å². The molecule has 7 heteroatoms. The number of amides is 1. The first-order valence-corrected chi connectivity index (χ1v) is 6.63. The van der Waals surface area contributed by atoms with Gasteiger partial charge in [0.2, 0.25) is 5.91 Å². The minimum Gasteiger partial charge on any atom is -0.347 e. The SMILES string of the molecule is CCCC(C)(N)C(=O)NCc1nc2ccc(F)cc2[nH]1.Cl. The highest BCUT2D eigenvalue weighted by molar-refractivity contribution is 5.85. The van der Waals surface area contributed by atoms with E-state index in [1.54, 1.807) is 13.0 Å². The number of H-pyrrole nitrogens is 1. The van der Waals surface area contributed by atoms with Crippen LogP contribution in [-0.2, 0) is 11.3 Å². The van der Waals surface area contributed by atoms with E-state index in [0.29, 0.717) is 23.3 Å². The fraction of sp³-hybridized carbons (Fsp3) is 0.429. The molecule has 0 aliphatic heterocycles. The Morgan fingerprint density at radius 3 is 2.90 bits per heavy atom. The lowest BCUT2D eigenvalue weighted by molar-refractivity contribution is -0.126. The maximum Gasteiger partial charge on any atom is 0.240 e. The molecular weight excluding hydrogens is 295 g/mol. The van der Waals surface area contributed by atoms with Gasteiger partial charge in [-0.2, -0.15) is 0 Å². The molecule has 1 amide bonds. The third-order valence-corrected chi connectivity index (χ3v) is 3.20. The lowest BCUT2D eigenvalue weighted by Gasteiger charge is -2.22. The quantitative estimate of drug-likeness (QED) is 0.791. The third-order valence-electron chi connectivity index (χ3n) is 3.20. The highest BCUT2D eigenvalue weighted by atomic mass is 35.5. The van der Waals surface area contributed by atoms with Gasteiger partial charge in [0, 0.05) is 0 Å². The van der Waals surface area contributed by atoms with Gasteiger partial charge in [-0.3, -0.25) is 4.79 Å². The van der Waals surface area contributed by atoms with E-state index in [-0.39, 0.29) is 30.7 Å². The number of aromatic nitrogens is 2. The summed E-state index contributed by atoms with van der Waals surface area (Å²) in [6.45, 7) is 3.93. The molecule has 1 atom stereocenters. The number of rotatable bonds is 5. The molecule has 4 N–H and O–H groups in total. The van der Waals surface area contributed by atoms with Crippen molar-refractivity contribution >= 4 is 29.3 Å². The summed E-state index contributed by atoms with van der Waals surface area (Å²) in [6.07, 6.45) is 1.45. The van der Waals surface area contributed by atoms with Crippen LogP contribution in [-0.4, -0.2) is 21.4 Å². The van der Waals surface area contributed by atoms with Crippen LogP contribution in [0.1, 0.15) is 32.5 Å². The minimum absolute atomic E-state index is 0. The minimum atomic E-state index is -0.882. The van der Waals surface area contributed by atoms with Crippen molar-refractivity contribution in [1.29, 1.82) is 0 Å². The smallest absolute Gasteiger partial charge is 0.240 e. The molecule has 5 nitrogen and oxygen atoms in total. The van der Waals surface area contributed by atoms with Crippen LogP contribution in [0.2, 0.25) is 0 Å². The van der Waals surface area contributed by atoms with Crippen molar-refractivity contribution in [2.45, 2.75) is 38.8 Å². The molecule has 0 fully saturated rings. The summed E-state index contributed by atoms with van der Waals surface area (Å²) in [5.74, 6) is 0.0337. The number of nitrogens with one attached hydrogen (secondary N) is 2. The summed E-state index contributed by atoms with van der Waals surface area (Å²) in [4.78, 5) is 19.2. The number of fused-ring (bicyclic) bond motifs is 1. The Balaban J connectivity index is 0.00000220. The lowest BCUT2D eigenvalue weighted by atomic mass is 9.97. The molecule has 1 unspecified atom stereocenters. The standard InChI is InChI=1S/C14H19FN4O.ClH/c1-3-6-14(2,16)13(20)17-8-12-18-10-5-4-9(15)7-11(10)19-12;/h4-5,7H,3,6,8,16H2,1-2H3,(H,17,20)(H,18,19);1H. The molecule has 0 radical (unpaired) electrons. The second-order valence-corrected chi connectivity index (χ2v) is 5.20. The van der Waals surface area contributed by atoms with Crippen molar-refractivity contribution in [2.24, 2.45) is 5.73 Å². The Morgan fingerprint density at radius 2 is 2.24 bits per heavy atom. The zero-order valence-electron chi connectivity index (χ0n) is 12.1. The van der Waals surface area contributed by atoms with Crippen molar-refractivity contribution in [3.8, 4) is 0 Å². The molecule has 1 aromatic heterocycles. The number of benzene rings is 1. The van der Waals surface area contributed by atoms with Gasteiger partial charge in [-0.25, -0.2) is 9.37 Å². The molecule has 0 saturated carbocycles. The molecule has 1 heterocycles. The molecular formula is C14H20ClFN4O. The molecule has 0 saturated heterocycles. The van der Waals surface area contributed by atoms with E-state index in [0.717, 1.165) is 6.42 Å². The predicted molar refractivity (Wildman–Crippen MR) is 82.6 cm³/mol. The number of nitrogens with zero attached hydrogens (tertiary/aromatic N) is 1. The van der Waals surface area contributed by atoms with Gasteiger partial charge >= 0.3 is 0 Å². The number of hydrogen-bond acceptors (Lipinski definition) is 3. The van der Waals surface area contributed by atoms with Gasteiger partial charge < -0.3 is 16.0 Å². The van der Waals surface area contributed by atoms with E-state index in [9.17, 15) is 9.18 Å². The van der Waals surface area contributed by atoms with Crippen LogP contribution in [0.5, 0.6) is 0 Å². The fourth-order valence-electron chi connectivity index (χ4n) is 2.12. The summed E-state index contributed by atoms with van der Waals surface area (Å²) >= 11 is 0. The number of halogens is 2. The van der Waals surface area contributed by atoms with Crippen LogP contribution in [0.25, 0.3) is 11.0 Å². The largest absolute Gasteiger partial charge is 0.347 e. The molecule has 0 spiro atoms. The van der Waals surface area contributed by atoms with Gasteiger partial charge in [-0.15, -0.1) is 12.4 Å². The van der Waals surface area contributed by atoms with Gasteiger partial charge in [0.25, 0.3) is 0 Å². The highest BCUT2D eigenvalue weighted by Gasteiger charge is 2.26. The summed E-state index contributed by atoms with van der Waals surface area (Å²) < 4.78 is 13.1. The van der Waals surface area contributed by atoms with Gasteiger partial charge in [0.1, 0.15) is 11.6 Å². The van der Waals surface area contributed by atoms with Crippen LogP contribution in [0.4, 0.5) is 4.39 Å². The van der Waals surface area contributed by atoms with E-state index >= 15 is 0 Å². The Kier molecular flexibility index (Phi) is 5.69. The van der Waals surface area contributed by atoms with Crippen molar-refractivity contribution in [1.82, 2.24) is 15.3 Å². The first-order valence-electron chi connectivity index (χ1n) is 6.63. The number of imidazole rings is 1. The number of nitrogens with two attached hydrogens (primary N) is 1. The van der Waals surface area contributed by atoms with Crippen molar-refractivity contribution in [3.05, 3.63) is 29.8 Å². The van der Waals surface area contributed by atoms with E-state index in [1.807, 2.05) is 6.92 Å². The number of carbonyl (C=O) groups excluding carboxylic acids is 1. The van der Waals surface area contributed by atoms with Crippen molar-refractivity contribution < 1.29 is 9.18 Å². The normalized spacial score (nSPS) is 13.5.